The lowest BCUT2D eigenvalue weighted by molar-refractivity contribution is 0.0110. The molecule has 1 atom stereocenters. The Morgan fingerprint density at radius 2 is 2.10 bits per heavy atom. The van der Waals surface area contributed by atoms with Crippen molar-refractivity contribution in [1.82, 2.24) is 10.2 Å². The van der Waals surface area contributed by atoms with Gasteiger partial charge in [-0.25, -0.2) is 4.79 Å². The number of ether oxygens (including phenoxy) is 1. The number of carbonyl (C=O) groups excluding carboxylic acids is 1. The molecular weight excluding hydrogens is 256 g/mol. The summed E-state index contributed by atoms with van der Waals surface area (Å²) in [5.74, 6) is 0. The van der Waals surface area contributed by atoms with Gasteiger partial charge in [0, 0.05) is 20.2 Å². The second-order valence-electron chi connectivity index (χ2n) is 6.30. The Balaban J connectivity index is 1.63. The molecule has 0 spiro atoms. The summed E-state index contributed by atoms with van der Waals surface area (Å²) in [5.41, 5.74) is -0.668. The third kappa shape index (κ3) is 4.63. The van der Waals surface area contributed by atoms with Crippen molar-refractivity contribution in [2.45, 2.75) is 63.1 Å². The van der Waals surface area contributed by atoms with E-state index in [2.05, 4.69) is 5.32 Å². The van der Waals surface area contributed by atoms with Gasteiger partial charge in [-0.1, -0.05) is 12.8 Å². The average molecular weight is 284 g/mol. The monoisotopic (exact) mass is 284 g/mol. The normalized spacial score (nSPS) is 25.4. The second kappa shape index (κ2) is 7.27. The van der Waals surface area contributed by atoms with Gasteiger partial charge in [-0.2, -0.15) is 0 Å². The van der Waals surface area contributed by atoms with Crippen LogP contribution in [0.4, 0.5) is 4.79 Å². The minimum absolute atomic E-state index is 0.0962. The predicted molar refractivity (Wildman–Crippen MR) is 77.7 cm³/mol. The minimum Gasteiger partial charge on any atom is -0.388 e. The minimum atomic E-state index is -0.668. The number of likely N-dealkylation sites (N-methyl/N-ethyl adjacent to an activating group) is 1. The van der Waals surface area contributed by atoms with E-state index >= 15 is 0 Å². The number of amides is 2. The van der Waals surface area contributed by atoms with Crippen LogP contribution in [0.15, 0.2) is 0 Å². The molecule has 0 aromatic carbocycles. The number of rotatable bonds is 5. The van der Waals surface area contributed by atoms with E-state index in [1.807, 2.05) is 0 Å². The van der Waals surface area contributed by atoms with Crippen LogP contribution in [-0.2, 0) is 4.74 Å². The molecule has 20 heavy (non-hydrogen) atoms. The number of hydrogen-bond donors (Lipinski definition) is 2. The van der Waals surface area contributed by atoms with Crippen molar-refractivity contribution in [2.24, 2.45) is 0 Å². The van der Waals surface area contributed by atoms with Gasteiger partial charge in [0.1, 0.15) is 0 Å². The van der Waals surface area contributed by atoms with Gasteiger partial charge in [-0.3, -0.25) is 0 Å². The van der Waals surface area contributed by atoms with E-state index in [9.17, 15) is 9.90 Å². The van der Waals surface area contributed by atoms with E-state index in [0.29, 0.717) is 19.2 Å². The van der Waals surface area contributed by atoms with Gasteiger partial charge in [0.05, 0.1) is 18.2 Å². The molecule has 1 heterocycles. The van der Waals surface area contributed by atoms with Gasteiger partial charge in [0.15, 0.2) is 0 Å². The third-order valence-corrected chi connectivity index (χ3v) is 4.43. The Hall–Kier alpha value is -0.810. The van der Waals surface area contributed by atoms with Crippen molar-refractivity contribution in [1.29, 1.82) is 0 Å². The van der Waals surface area contributed by atoms with Crippen molar-refractivity contribution in [3.05, 3.63) is 0 Å². The Labute approximate surface area is 121 Å². The van der Waals surface area contributed by atoms with Crippen LogP contribution in [0, 0.1) is 0 Å². The molecule has 1 aliphatic carbocycles. The van der Waals surface area contributed by atoms with Gasteiger partial charge in [-0.05, 0) is 38.5 Å². The molecule has 5 nitrogen and oxygen atoms in total. The van der Waals surface area contributed by atoms with Crippen molar-refractivity contribution in [2.75, 3.05) is 26.7 Å². The van der Waals surface area contributed by atoms with Crippen molar-refractivity contribution in [3.8, 4) is 0 Å². The second-order valence-corrected chi connectivity index (χ2v) is 6.30. The van der Waals surface area contributed by atoms with Gasteiger partial charge in [0.2, 0.25) is 0 Å². The smallest absolute Gasteiger partial charge is 0.317 e. The maximum Gasteiger partial charge on any atom is 0.317 e. The van der Waals surface area contributed by atoms with E-state index in [0.717, 1.165) is 51.6 Å². The molecule has 1 saturated heterocycles. The van der Waals surface area contributed by atoms with Crippen molar-refractivity contribution < 1.29 is 14.6 Å². The van der Waals surface area contributed by atoms with E-state index < -0.39 is 5.60 Å². The van der Waals surface area contributed by atoms with Crippen LogP contribution in [0.1, 0.15) is 51.4 Å². The van der Waals surface area contributed by atoms with E-state index in [4.69, 9.17) is 4.74 Å². The summed E-state index contributed by atoms with van der Waals surface area (Å²) in [6.45, 7) is 1.93. The number of hydrogen-bond acceptors (Lipinski definition) is 3. The lowest BCUT2D eigenvalue weighted by Crippen LogP contribution is -2.46. The van der Waals surface area contributed by atoms with Crippen LogP contribution in [0.3, 0.4) is 0 Å². The highest BCUT2D eigenvalue weighted by atomic mass is 16.5. The predicted octanol–water partition coefficient (Wildman–Crippen LogP) is 1.89. The molecule has 2 fully saturated rings. The topological polar surface area (TPSA) is 61.8 Å². The molecule has 2 aliphatic rings. The first-order chi connectivity index (χ1) is 9.59. The summed E-state index contributed by atoms with van der Waals surface area (Å²) in [6.07, 6.45) is 8.40. The van der Waals surface area contributed by atoms with E-state index in [1.54, 1.807) is 11.9 Å². The first-order valence-corrected chi connectivity index (χ1v) is 7.92. The largest absolute Gasteiger partial charge is 0.388 e. The lowest BCUT2D eigenvalue weighted by atomic mass is 10.0. The maximum absolute atomic E-state index is 12.0. The number of nitrogens with zero attached hydrogens (tertiary/aromatic N) is 1. The molecule has 0 radical (unpaired) electrons. The number of aliphatic hydroxyl groups is 1. The Kier molecular flexibility index (Phi) is 5.66. The van der Waals surface area contributed by atoms with Crippen molar-refractivity contribution in [3.63, 3.8) is 0 Å². The fraction of sp³-hybridized carbons (Fsp3) is 0.933. The van der Waals surface area contributed by atoms with Crippen LogP contribution in [-0.4, -0.2) is 54.5 Å². The summed E-state index contributed by atoms with van der Waals surface area (Å²) in [6, 6.07) is -0.0962. The molecule has 0 aromatic rings. The molecule has 1 unspecified atom stereocenters. The molecular formula is C15H28N2O3. The van der Waals surface area contributed by atoms with Gasteiger partial charge < -0.3 is 20.1 Å². The van der Waals surface area contributed by atoms with E-state index in [-0.39, 0.29) is 6.03 Å². The molecule has 0 aromatic heterocycles. The van der Waals surface area contributed by atoms with Gasteiger partial charge in [0.25, 0.3) is 0 Å². The highest BCUT2D eigenvalue weighted by molar-refractivity contribution is 5.73. The maximum atomic E-state index is 12.0. The van der Waals surface area contributed by atoms with Crippen LogP contribution in [0.2, 0.25) is 0 Å². The van der Waals surface area contributed by atoms with E-state index in [1.165, 1.54) is 6.42 Å². The first-order valence-electron chi connectivity index (χ1n) is 7.92. The number of carbonyl (C=O) groups is 1. The molecule has 5 heteroatoms. The Morgan fingerprint density at radius 1 is 1.35 bits per heavy atom. The Morgan fingerprint density at radius 3 is 2.75 bits per heavy atom. The number of urea groups is 1. The third-order valence-electron chi connectivity index (χ3n) is 4.43. The lowest BCUT2D eigenvalue weighted by Gasteiger charge is -2.29. The quantitative estimate of drug-likeness (QED) is 0.810. The van der Waals surface area contributed by atoms with Crippen LogP contribution in [0.5, 0.6) is 0 Å². The zero-order chi connectivity index (χ0) is 14.4. The van der Waals surface area contributed by atoms with Crippen LogP contribution >= 0.6 is 0 Å². The molecule has 116 valence electrons. The fourth-order valence-corrected chi connectivity index (χ4v) is 3.21. The van der Waals surface area contributed by atoms with Gasteiger partial charge in [-0.15, -0.1) is 0 Å². The summed E-state index contributed by atoms with van der Waals surface area (Å²) >= 11 is 0. The summed E-state index contributed by atoms with van der Waals surface area (Å²) in [4.78, 5) is 13.6. The van der Waals surface area contributed by atoms with Crippen molar-refractivity contribution >= 4 is 6.03 Å². The molecule has 1 saturated carbocycles. The molecule has 0 bridgehead atoms. The Bertz CT molecular complexity index is 310. The molecule has 2 amide bonds. The SMILES string of the molecule is CN(CC1(O)CCCC1)C(=O)NCCC1CCCCO1. The highest BCUT2D eigenvalue weighted by Crippen LogP contribution is 2.29. The van der Waals surface area contributed by atoms with Crippen LogP contribution < -0.4 is 5.32 Å². The fourth-order valence-electron chi connectivity index (χ4n) is 3.21. The zero-order valence-corrected chi connectivity index (χ0v) is 12.6. The highest BCUT2D eigenvalue weighted by Gasteiger charge is 2.33. The average Bonchev–Trinajstić information content (AvgIpc) is 2.86. The van der Waals surface area contributed by atoms with Crippen LogP contribution in [0.25, 0.3) is 0 Å². The zero-order valence-electron chi connectivity index (χ0n) is 12.6. The molecule has 1 aliphatic heterocycles. The molecule has 2 N–H and O–H groups in total. The first kappa shape index (κ1) is 15.6. The number of nitrogens with one attached hydrogen (secondary N) is 1. The molecule has 2 rings (SSSR count). The summed E-state index contributed by atoms with van der Waals surface area (Å²) in [7, 11) is 1.75. The summed E-state index contributed by atoms with van der Waals surface area (Å²) < 4.78 is 5.64. The van der Waals surface area contributed by atoms with Gasteiger partial charge >= 0.3 is 6.03 Å². The summed E-state index contributed by atoms with van der Waals surface area (Å²) in [5, 5.41) is 13.2. The standard InChI is InChI=1S/C15H28N2O3/c1-17(12-15(19)8-3-4-9-15)14(18)16-10-7-13-6-2-5-11-20-13/h13,19H,2-12H2,1H3,(H,16,18).